The van der Waals surface area contributed by atoms with Crippen molar-refractivity contribution in [2.45, 2.75) is 19.0 Å². The van der Waals surface area contributed by atoms with Gasteiger partial charge in [0.1, 0.15) is 11.9 Å². The standard InChI is InChI=1S/C22H19F3N2O/c1-14(16-7-12-19(24)20(25)13-16)26-21(15-5-3-2-4-6-15)22(28)27-18-10-8-17(23)9-11-18/h2-14,21,26H,1H3,(H,27,28). The molecule has 2 unspecified atom stereocenters. The van der Waals surface area contributed by atoms with E-state index in [1.54, 1.807) is 31.2 Å². The first-order chi connectivity index (χ1) is 13.4. The average molecular weight is 384 g/mol. The molecule has 0 saturated heterocycles. The summed E-state index contributed by atoms with van der Waals surface area (Å²) < 4.78 is 39.9. The van der Waals surface area contributed by atoms with E-state index < -0.39 is 29.5 Å². The summed E-state index contributed by atoms with van der Waals surface area (Å²) in [5, 5.41) is 5.90. The zero-order valence-electron chi connectivity index (χ0n) is 15.1. The van der Waals surface area contributed by atoms with Crippen LogP contribution in [0.5, 0.6) is 0 Å². The maximum atomic E-state index is 13.6. The number of anilines is 1. The van der Waals surface area contributed by atoms with Crippen molar-refractivity contribution in [2.24, 2.45) is 0 Å². The van der Waals surface area contributed by atoms with Crippen molar-refractivity contribution in [3.05, 3.63) is 101 Å². The number of halogens is 3. The summed E-state index contributed by atoms with van der Waals surface area (Å²) in [4.78, 5) is 12.9. The highest BCUT2D eigenvalue weighted by Gasteiger charge is 2.23. The fourth-order valence-electron chi connectivity index (χ4n) is 2.84. The lowest BCUT2D eigenvalue weighted by molar-refractivity contribution is -0.118. The summed E-state index contributed by atoms with van der Waals surface area (Å²) >= 11 is 0. The number of hydrogen-bond donors (Lipinski definition) is 2. The lowest BCUT2D eigenvalue weighted by atomic mass is 10.0. The Morgan fingerprint density at radius 1 is 0.821 bits per heavy atom. The number of rotatable bonds is 6. The van der Waals surface area contributed by atoms with Crippen LogP contribution in [-0.2, 0) is 4.79 Å². The Morgan fingerprint density at radius 3 is 2.14 bits per heavy atom. The van der Waals surface area contributed by atoms with Gasteiger partial charge in [-0.3, -0.25) is 10.1 Å². The number of hydrogen-bond acceptors (Lipinski definition) is 2. The highest BCUT2D eigenvalue weighted by molar-refractivity contribution is 5.95. The van der Waals surface area contributed by atoms with Crippen molar-refractivity contribution in [3.8, 4) is 0 Å². The molecular formula is C22H19F3N2O. The van der Waals surface area contributed by atoms with E-state index in [1.807, 2.05) is 6.07 Å². The quantitative estimate of drug-likeness (QED) is 0.618. The van der Waals surface area contributed by atoms with Crippen molar-refractivity contribution < 1.29 is 18.0 Å². The molecule has 3 aromatic rings. The van der Waals surface area contributed by atoms with Crippen LogP contribution in [0.3, 0.4) is 0 Å². The zero-order valence-corrected chi connectivity index (χ0v) is 15.1. The van der Waals surface area contributed by atoms with Crippen LogP contribution in [0.4, 0.5) is 18.9 Å². The van der Waals surface area contributed by atoms with E-state index in [2.05, 4.69) is 10.6 Å². The molecule has 0 aliphatic carbocycles. The normalized spacial score (nSPS) is 13.0. The van der Waals surface area contributed by atoms with Crippen LogP contribution in [0.25, 0.3) is 0 Å². The Kier molecular flexibility index (Phi) is 6.11. The summed E-state index contributed by atoms with van der Waals surface area (Å²) in [6, 6.07) is 16.9. The van der Waals surface area contributed by atoms with Crippen molar-refractivity contribution in [3.63, 3.8) is 0 Å². The first kappa shape index (κ1) is 19.6. The van der Waals surface area contributed by atoms with Crippen molar-refractivity contribution >= 4 is 11.6 Å². The molecule has 1 amide bonds. The Bertz CT molecular complexity index is 946. The molecule has 3 rings (SSSR count). The zero-order chi connectivity index (χ0) is 20.1. The number of benzene rings is 3. The Labute approximate surface area is 161 Å². The molecular weight excluding hydrogens is 365 g/mol. The third-order valence-electron chi connectivity index (χ3n) is 4.37. The summed E-state index contributed by atoms with van der Waals surface area (Å²) in [6.45, 7) is 1.76. The van der Waals surface area contributed by atoms with Gasteiger partial charge in [-0.15, -0.1) is 0 Å². The van der Waals surface area contributed by atoms with E-state index >= 15 is 0 Å². The molecule has 3 nitrogen and oxygen atoms in total. The van der Waals surface area contributed by atoms with Crippen LogP contribution in [0.2, 0.25) is 0 Å². The Hall–Kier alpha value is -3.12. The molecule has 0 heterocycles. The third-order valence-corrected chi connectivity index (χ3v) is 4.37. The topological polar surface area (TPSA) is 41.1 Å². The molecule has 0 aromatic heterocycles. The minimum Gasteiger partial charge on any atom is -0.324 e. The predicted molar refractivity (Wildman–Crippen MR) is 102 cm³/mol. The number of carbonyl (C=O) groups excluding carboxylic acids is 1. The fourth-order valence-corrected chi connectivity index (χ4v) is 2.84. The Morgan fingerprint density at radius 2 is 1.50 bits per heavy atom. The Balaban J connectivity index is 1.83. The molecule has 0 aliphatic heterocycles. The van der Waals surface area contributed by atoms with Crippen LogP contribution in [-0.4, -0.2) is 5.91 Å². The second-order valence-corrected chi connectivity index (χ2v) is 6.40. The lowest BCUT2D eigenvalue weighted by Crippen LogP contribution is -2.34. The van der Waals surface area contributed by atoms with E-state index in [4.69, 9.17) is 0 Å². The molecule has 0 bridgehead atoms. The summed E-state index contributed by atoms with van der Waals surface area (Å²) in [6.07, 6.45) is 0. The van der Waals surface area contributed by atoms with Crippen molar-refractivity contribution in [1.82, 2.24) is 5.32 Å². The number of amides is 1. The molecule has 0 fully saturated rings. The lowest BCUT2D eigenvalue weighted by Gasteiger charge is -2.24. The minimum atomic E-state index is -0.946. The van der Waals surface area contributed by atoms with E-state index in [-0.39, 0.29) is 5.91 Å². The van der Waals surface area contributed by atoms with E-state index in [0.717, 1.165) is 12.1 Å². The number of nitrogens with one attached hydrogen (secondary N) is 2. The summed E-state index contributed by atoms with van der Waals surface area (Å²) in [7, 11) is 0. The van der Waals surface area contributed by atoms with Gasteiger partial charge in [-0.2, -0.15) is 0 Å². The summed E-state index contributed by atoms with van der Waals surface area (Å²) in [5.74, 6) is -2.63. The van der Waals surface area contributed by atoms with E-state index in [1.165, 1.54) is 30.3 Å². The monoisotopic (exact) mass is 384 g/mol. The van der Waals surface area contributed by atoms with Gasteiger partial charge in [-0.05, 0) is 54.4 Å². The highest BCUT2D eigenvalue weighted by atomic mass is 19.2. The maximum Gasteiger partial charge on any atom is 0.246 e. The maximum absolute atomic E-state index is 13.6. The van der Waals surface area contributed by atoms with Gasteiger partial charge in [-0.1, -0.05) is 36.4 Å². The van der Waals surface area contributed by atoms with Gasteiger partial charge in [0, 0.05) is 11.7 Å². The molecule has 3 aromatic carbocycles. The molecule has 0 spiro atoms. The van der Waals surface area contributed by atoms with Crippen LogP contribution >= 0.6 is 0 Å². The SMILES string of the molecule is CC(NC(C(=O)Nc1ccc(F)cc1)c1ccccc1)c1ccc(F)c(F)c1. The first-order valence-corrected chi connectivity index (χ1v) is 8.76. The van der Waals surface area contributed by atoms with Gasteiger partial charge < -0.3 is 5.32 Å². The van der Waals surface area contributed by atoms with E-state index in [9.17, 15) is 18.0 Å². The van der Waals surface area contributed by atoms with E-state index in [0.29, 0.717) is 16.8 Å². The van der Waals surface area contributed by atoms with Gasteiger partial charge in [0.25, 0.3) is 0 Å². The number of carbonyl (C=O) groups is 1. The largest absolute Gasteiger partial charge is 0.324 e. The van der Waals surface area contributed by atoms with Crippen LogP contribution in [0.15, 0.2) is 72.8 Å². The molecule has 6 heteroatoms. The molecule has 0 radical (unpaired) electrons. The van der Waals surface area contributed by atoms with Crippen LogP contribution < -0.4 is 10.6 Å². The van der Waals surface area contributed by atoms with Gasteiger partial charge in [0.05, 0.1) is 0 Å². The predicted octanol–water partition coefficient (Wildman–Crippen LogP) is 5.13. The van der Waals surface area contributed by atoms with Crippen LogP contribution in [0, 0.1) is 17.5 Å². The average Bonchev–Trinajstić information content (AvgIpc) is 2.70. The molecule has 0 saturated carbocycles. The second kappa shape index (κ2) is 8.71. The molecule has 28 heavy (non-hydrogen) atoms. The van der Waals surface area contributed by atoms with Gasteiger partial charge in [0.2, 0.25) is 5.91 Å². The fraction of sp³-hybridized carbons (Fsp3) is 0.136. The second-order valence-electron chi connectivity index (χ2n) is 6.40. The third kappa shape index (κ3) is 4.78. The highest BCUT2D eigenvalue weighted by Crippen LogP contribution is 2.23. The van der Waals surface area contributed by atoms with Crippen molar-refractivity contribution in [2.75, 3.05) is 5.32 Å². The van der Waals surface area contributed by atoms with Gasteiger partial charge in [-0.25, -0.2) is 13.2 Å². The molecule has 2 atom stereocenters. The first-order valence-electron chi connectivity index (χ1n) is 8.76. The molecule has 0 aliphatic rings. The molecule has 144 valence electrons. The van der Waals surface area contributed by atoms with Gasteiger partial charge >= 0.3 is 0 Å². The van der Waals surface area contributed by atoms with Crippen molar-refractivity contribution in [1.29, 1.82) is 0 Å². The van der Waals surface area contributed by atoms with Crippen LogP contribution in [0.1, 0.15) is 30.1 Å². The molecule has 2 N–H and O–H groups in total. The summed E-state index contributed by atoms with van der Waals surface area (Å²) in [5.41, 5.74) is 1.67. The smallest absolute Gasteiger partial charge is 0.246 e. The van der Waals surface area contributed by atoms with Gasteiger partial charge in [0.15, 0.2) is 11.6 Å². The minimum absolute atomic E-state index is 0.354.